The normalized spacial score (nSPS) is 18.2. The van der Waals surface area contributed by atoms with Crippen molar-refractivity contribution >= 4 is 0 Å². The molecule has 0 saturated heterocycles. The van der Waals surface area contributed by atoms with Crippen molar-refractivity contribution in [3.05, 3.63) is 29.8 Å². The maximum Gasteiger partial charge on any atom is 0.123 e. The predicted octanol–water partition coefficient (Wildman–Crippen LogP) is 1.79. The highest BCUT2D eigenvalue weighted by molar-refractivity contribution is 5.39. The van der Waals surface area contributed by atoms with E-state index in [4.69, 9.17) is 9.47 Å². The molecule has 0 radical (unpaired) electrons. The Morgan fingerprint density at radius 1 is 1.44 bits per heavy atom. The number of ether oxygens (including phenoxy) is 2. The minimum atomic E-state index is 0.401. The van der Waals surface area contributed by atoms with Crippen molar-refractivity contribution in [1.82, 2.24) is 5.32 Å². The predicted molar refractivity (Wildman–Crippen MR) is 64.0 cm³/mol. The van der Waals surface area contributed by atoms with Gasteiger partial charge in [-0.15, -0.1) is 0 Å². The molecule has 1 aliphatic heterocycles. The second-order valence-electron chi connectivity index (χ2n) is 3.97. The van der Waals surface area contributed by atoms with E-state index in [2.05, 4.69) is 24.4 Å². The number of nitrogens with one attached hydrogen (secondary N) is 1. The van der Waals surface area contributed by atoms with Crippen molar-refractivity contribution in [2.24, 2.45) is 0 Å². The van der Waals surface area contributed by atoms with Crippen molar-refractivity contribution in [2.45, 2.75) is 12.8 Å². The van der Waals surface area contributed by atoms with Crippen LogP contribution in [0.25, 0.3) is 0 Å². The molecule has 0 aliphatic carbocycles. The minimum absolute atomic E-state index is 0.401. The average Bonchev–Trinajstić information content (AvgIpc) is 2.73. The topological polar surface area (TPSA) is 30.5 Å². The first-order valence-corrected chi connectivity index (χ1v) is 5.92. The SMILES string of the molecule is CCNCCOCC1COc2ccccc21. The summed E-state index contributed by atoms with van der Waals surface area (Å²) in [7, 11) is 0. The van der Waals surface area contributed by atoms with E-state index in [1.165, 1.54) is 5.56 Å². The number of hydrogen-bond acceptors (Lipinski definition) is 3. The monoisotopic (exact) mass is 221 g/mol. The van der Waals surface area contributed by atoms with E-state index < -0.39 is 0 Å². The average molecular weight is 221 g/mol. The van der Waals surface area contributed by atoms with Crippen LogP contribution in [0.5, 0.6) is 5.75 Å². The molecule has 1 aromatic rings. The molecule has 16 heavy (non-hydrogen) atoms. The smallest absolute Gasteiger partial charge is 0.123 e. The quantitative estimate of drug-likeness (QED) is 0.743. The highest BCUT2D eigenvalue weighted by atomic mass is 16.5. The van der Waals surface area contributed by atoms with E-state index in [1.807, 2.05) is 12.1 Å². The Morgan fingerprint density at radius 3 is 3.19 bits per heavy atom. The van der Waals surface area contributed by atoms with Gasteiger partial charge in [0.2, 0.25) is 0 Å². The van der Waals surface area contributed by atoms with Gasteiger partial charge in [0.25, 0.3) is 0 Å². The number of likely N-dealkylation sites (N-methyl/N-ethyl adjacent to an activating group) is 1. The number of hydrogen-bond donors (Lipinski definition) is 1. The molecule has 0 bridgehead atoms. The van der Waals surface area contributed by atoms with Gasteiger partial charge < -0.3 is 14.8 Å². The zero-order chi connectivity index (χ0) is 11.2. The van der Waals surface area contributed by atoms with Crippen molar-refractivity contribution in [3.63, 3.8) is 0 Å². The third-order valence-electron chi connectivity index (χ3n) is 2.79. The van der Waals surface area contributed by atoms with Gasteiger partial charge in [-0.2, -0.15) is 0 Å². The summed E-state index contributed by atoms with van der Waals surface area (Å²) in [5.41, 5.74) is 1.28. The van der Waals surface area contributed by atoms with Gasteiger partial charge >= 0.3 is 0 Å². The summed E-state index contributed by atoms with van der Waals surface area (Å²) >= 11 is 0. The van der Waals surface area contributed by atoms with Crippen LogP contribution in [-0.4, -0.2) is 32.9 Å². The molecule has 0 amide bonds. The molecular formula is C13H19NO2. The van der Waals surface area contributed by atoms with E-state index >= 15 is 0 Å². The third-order valence-corrected chi connectivity index (χ3v) is 2.79. The number of fused-ring (bicyclic) bond motifs is 1. The summed E-state index contributed by atoms with van der Waals surface area (Å²) in [6.07, 6.45) is 0. The van der Waals surface area contributed by atoms with E-state index in [0.29, 0.717) is 5.92 Å². The van der Waals surface area contributed by atoms with E-state index in [-0.39, 0.29) is 0 Å². The summed E-state index contributed by atoms with van der Waals surface area (Å²) in [5.74, 6) is 1.42. The van der Waals surface area contributed by atoms with Crippen LogP contribution < -0.4 is 10.1 Å². The van der Waals surface area contributed by atoms with Crippen LogP contribution in [-0.2, 0) is 4.74 Å². The number of benzene rings is 1. The Bertz CT molecular complexity index is 327. The third kappa shape index (κ3) is 2.74. The Labute approximate surface area is 96.8 Å². The van der Waals surface area contributed by atoms with Crippen LogP contribution in [0.1, 0.15) is 18.4 Å². The maximum absolute atomic E-state index is 5.63. The van der Waals surface area contributed by atoms with Crippen LogP contribution in [0, 0.1) is 0 Å². The number of para-hydroxylation sites is 1. The molecule has 1 heterocycles. The Kier molecular flexibility index (Phi) is 4.19. The van der Waals surface area contributed by atoms with Crippen molar-refractivity contribution in [1.29, 1.82) is 0 Å². The van der Waals surface area contributed by atoms with Crippen molar-refractivity contribution in [3.8, 4) is 5.75 Å². The lowest BCUT2D eigenvalue weighted by atomic mass is 10.0. The molecule has 1 aliphatic rings. The van der Waals surface area contributed by atoms with Gasteiger partial charge in [-0.3, -0.25) is 0 Å². The van der Waals surface area contributed by atoms with Gasteiger partial charge in [-0.25, -0.2) is 0 Å². The van der Waals surface area contributed by atoms with Crippen molar-refractivity contribution in [2.75, 3.05) is 32.9 Å². The van der Waals surface area contributed by atoms with E-state index in [1.54, 1.807) is 0 Å². The van der Waals surface area contributed by atoms with Gasteiger partial charge in [0, 0.05) is 18.0 Å². The number of rotatable bonds is 6. The lowest BCUT2D eigenvalue weighted by Crippen LogP contribution is -2.20. The van der Waals surface area contributed by atoms with E-state index in [0.717, 1.165) is 38.7 Å². The van der Waals surface area contributed by atoms with Gasteiger partial charge in [0.1, 0.15) is 5.75 Å². The zero-order valence-electron chi connectivity index (χ0n) is 9.74. The lowest BCUT2D eigenvalue weighted by Gasteiger charge is -2.09. The highest BCUT2D eigenvalue weighted by Gasteiger charge is 2.23. The molecule has 2 rings (SSSR count). The first-order valence-electron chi connectivity index (χ1n) is 5.92. The summed E-state index contributed by atoms with van der Waals surface area (Å²) in [6.45, 7) is 6.29. The molecule has 3 heteroatoms. The van der Waals surface area contributed by atoms with Crippen molar-refractivity contribution < 1.29 is 9.47 Å². The maximum atomic E-state index is 5.63. The first kappa shape index (κ1) is 11.4. The molecule has 0 fully saturated rings. The molecule has 3 nitrogen and oxygen atoms in total. The fourth-order valence-corrected chi connectivity index (χ4v) is 1.91. The second kappa shape index (κ2) is 5.87. The first-order chi connectivity index (χ1) is 7.92. The lowest BCUT2D eigenvalue weighted by molar-refractivity contribution is 0.115. The minimum Gasteiger partial charge on any atom is -0.493 e. The molecule has 1 N–H and O–H groups in total. The van der Waals surface area contributed by atoms with Gasteiger partial charge in [-0.1, -0.05) is 25.1 Å². The Morgan fingerprint density at radius 2 is 2.31 bits per heavy atom. The van der Waals surface area contributed by atoms with Gasteiger partial charge in [0.15, 0.2) is 0 Å². The molecule has 1 unspecified atom stereocenters. The molecule has 1 aromatic carbocycles. The van der Waals surface area contributed by atoms with Gasteiger partial charge in [0.05, 0.1) is 19.8 Å². The fraction of sp³-hybridized carbons (Fsp3) is 0.538. The Hall–Kier alpha value is -1.06. The molecule has 88 valence electrons. The highest BCUT2D eigenvalue weighted by Crippen LogP contribution is 2.33. The van der Waals surface area contributed by atoms with Gasteiger partial charge in [-0.05, 0) is 12.6 Å². The summed E-state index contributed by atoms with van der Waals surface area (Å²) in [4.78, 5) is 0. The summed E-state index contributed by atoms with van der Waals surface area (Å²) in [5, 5.41) is 3.24. The molecular weight excluding hydrogens is 202 g/mol. The summed E-state index contributed by atoms with van der Waals surface area (Å²) in [6, 6.07) is 8.21. The Balaban J connectivity index is 1.76. The fourth-order valence-electron chi connectivity index (χ4n) is 1.91. The second-order valence-corrected chi connectivity index (χ2v) is 3.97. The van der Waals surface area contributed by atoms with Crippen LogP contribution >= 0.6 is 0 Å². The van der Waals surface area contributed by atoms with Crippen LogP contribution in [0.2, 0.25) is 0 Å². The van der Waals surface area contributed by atoms with Crippen LogP contribution in [0.15, 0.2) is 24.3 Å². The standard InChI is InChI=1S/C13H19NO2/c1-2-14-7-8-15-9-11-10-16-13-6-4-3-5-12(11)13/h3-6,11,14H,2,7-10H2,1H3. The van der Waals surface area contributed by atoms with Crippen LogP contribution in [0.4, 0.5) is 0 Å². The molecule has 0 spiro atoms. The largest absolute Gasteiger partial charge is 0.493 e. The molecule has 0 aromatic heterocycles. The molecule has 0 saturated carbocycles. The van der Waals surface area contributed by atoms with Crippen LogP contribution in [0.3, 0.4) is 0 Å². The van der Waals surface area contributed by atoms with E-state index in [9.17, 15) is 0 Å². The zero-order valence-corrected chi connectivity index (χ0v) is 9.74. The summed E-state index contributed by atoms with van der Waals surface area (Å²) < 4.78 is 11.2. The molecule has 1 atom stereocenters.